The van der Waals surface area contributed by atoms with Crippen LogP contribution < -0.4 is 10.6 Å². The molecule has 0 radical (unpaired) electrons. The molecule has 1 aliphatic carbocycles. The zero-order valence-corrected chi connectivity index (χ0v) is 41.1. The zero-order valence-electron chi connectivity index (χ0n) is 41.1. The number of hydrogen-bond acceptors (Lipinski definition) is 10. The molecule has 4 N–H and O–H groups in total. The molecule has 12 atom stereocenters. The minimum Gasteiger partial charge on any atom is -0.453 e. The molecule has 1 saturated carbocycles. The molecule has 69 heavy (non-hydrogen) atoms. The third-order valence-electron chi connectivity index (χ3n) is 15.6. The van der Waals surface area contributed by atoms with Crippen molar-refractivity contribution in [2.45, 2.75) is 166 Å². The number of aromatic nitrogens is 4. The van der Waals surface area contributed by atoms with Crippen LogP contribution in [0.2, 0.25) is 0 Å². The van der Waals surface area contributed by atoms with E-state index in [9.17, 15) is 19.2 Å². The van der Waals surface area contributed by atoms with Crippen LogP contribution in [0.25, 0.3) is 33.6 Å². The molecule has 6 heterocycles. The number of aromatic amines is 2. The third kappa shape index (κ3) is 10.4. The Kier molecular flexibility index (Phi) is 14.5. The number of carbonyl (C=O) groups is 4. The Bertz CT molecular complexity index is 2430. The molecule has 370 valence electrons. The molecule has 5 aliphatic rings. The molecular weight excluding hydrogens is 877 g/mol. The minimum absolute atomic E-state index is 0.00402. The maximum atomic E-state index is 14.6. The maximum Gasteiger partial charge on any atom is 0.407 e. The quantitative estimate of drug-likeness (QED) is 0.101. The molecule has 0 bridgehead atoms. The van der Waals surface area contributed by atoms with Crippen molar-refractivity contribution < 1.29 is 38.1 Å². The molecule has 12 unspecified atom stereocenters. The number of benzene rings is 2. The molecule has 16 nitrogen and oxygen atoms in total. The van der Waals surface area contributed by atoms with Crippen LogP contribution in [0.5, 0.6) is 0 Å². The Hall–Kier alpha value is -5.74. The van der Waals surface area contributed by atoms with Crippen molar-refractivity contribution in [1.82, 2.24) is 40.4 Å². The second kappa shape index (κ2) is 20.7. The Balaban J connectivity index is 0.862. The summed E-state index contributed by atoms with van der Waals surface area (Å²) in [6.45, 7) is 10.3. The highest BCUT2D eigenvalue weighted by Crippen LogP contribution is 2.44. The Morgan fingerprint density at radius 1 is 0.623 bits per heavy atom. The lowest BCUT2D eigenvalue weighted by atomic mass is 9.83. The Morgan fingerprint density at radius 3 is 1.49 bits per heavy atom. The van der Waals surface area contributed by atoms with Gasteiger partial charge in [0, 0.05) is 12.1 Å². The predicted octanol–water partition coefficient (Wildman–Crippen LogP) is 8.87. The summed E-state index contributed by atoms with van der Waals surface area (Å²) < 4.78 is 22.4. The van der Waals surface area contributed by atoms with E-state index in [1.165, 1.54) is 14.2 Å². The number of likely N-dealkylation sites (tertiary alicyclic amines) is 2. The highest BCUT2D eigenvalue weighted by atomic mass is 16.5. The lowest BCUT2D eigenvalue weighted by Gasteiger charge is -2.40. The van der Waals surface area contributed by atoms with E-state index in [0.717, 1.165) is 96.7 Å². The van der Waals surface area contributed by atoms with Crippen molar-refractivity contribution in [3.05, 3.63) is 72.6 Å². The van der Waals surface area contributed by atoms with Gasteiger partial charge in [-0.3, -0.25) is 9.59 Å². The van der Waals surface area contributed by atoms with Crippen LogP contribution in [0.3, 0.4) is 0 Å². The van der Waals surface area contributed by atoms with Gasteiger partial charge in [0.2, 0.25) is 11.8 Å². The second-order valence-corrected chi connectivity index (χ2v) is 20.4. The summed E-state index contributed by atoms with van der Waals surface area (Å²) in [4.78, 5) is 74.9. The first-order chi connectivity index (χ1) is 33.3. The van der Waals surface area contributed by atoms with Crippen LogP contribution in [0.15, 0.2) is 60.9 Å². The van der Waals surface area contributed by atoms with Crippen molar-refractivity contribution in [2.24, 2.45) is 17.8 Å². The lowest BCUT2D eigenvalue weighted by molar-refractivity contribution is -0.142. The van der Waals surface area contributed by atoms with Crippen LogP contribution >= 0.6 is 0 Å². The number of nitrogens with one attached hydrogen (secondary N) is 4. The summed E-state index contributed by atoms with van der Waals surface area (Å²) in [5.41, 5.74) is 5.78. The number of nitrogens with zero attached hydrogens (tertiary/aromatic N) is 4. The third-order valence-corrected chi connectivity index (χ3v) is 15.6. The van der Waals surface area contributed by atoms with E-state index in [1.54, 1.807) is 0 Å². The van der Waals surface area contributed by atoms with Crippen molar-refractivity contribution in [1.29, 1.82) is 0 Å². The van der Waals surface area contributed by atoms with Gasteiger partial charge >= 0.3 is 12.2 Å². The first-order valence-electron chi connectivity index (χ1n) is 25.3. The zero-order chi connectivity index (χ0) is 48.5. The van der Waals surface area contributed by atoms with E-state index in [-0.39, 0.29) is 72.2 Å². The Labute approximate surface area is 405 Å². The van der Waals surface area contributed by atoms with Gasteiger partial charge in [-0.1, -0.05) is 55.5 Å². The van der Waals surface area contributed by atoms with Crippen LogP contribution in [-0.2, 0) is 28.5 Å². The summed E-state index contributed by atoms with van der Waals surface area (Å²) in [7, 11) is 2.66. The summed E-state index contributed by atoms with van der Waals surface area (Å²) in [6, 6.07) is 14.7. The van der Waals surface area contributed by atoms with E-state index in [4.69, 9.17) is 28.9 Å². The average Bonchev–Trinajstić information content (AvgIpc) is 3.64. The number of amides is 4. The van der Waals surface area contributed by atoms with Gasteiger partial charge in [-0.15, -0.1) is 0 Å². The van der Waals surface area contributed by atoms with E-state index in [2.05, 4.69) is 96.8 Å². The first kappa shape index (κ1) is 48.3. The molecule has 4 amide bonds. The number of alkyl carbamates (subject to hydrolysis) is 2. The normalized spacial score (nSPS) is 29.0. The van der Waals surface area contributed by atoms with E-state index in [1.807, 2.05) is 29.1 Å². The molecule has 2 aromatic heterocycles. The molecule has 4 aromatic rings. The van der Waals surface area contributed by atoms with E-state index >= 15 is 0 Å². The molecule has 0 spiro atoms. The van der Waals surface area contributed by atoms with E-state index in [0.29, 0.717) is 25.2 Å². The predicted molar refractivity (Wildman–Crippen MR) is 259 cm³/mol. The van der Waals surface area contributed by atoms with Crippen LogP contribution in [0.1, 0.15) is 129 Å². The van der Waals surface area contributed by atoms with Gasteiger partial charge in [0.1, 0.15) is 23.7 Å². The van der Waals surface area contributed by atoms with Crippen molar-refractivity contribution in [2.75, 3.05) is 14.2 Å². The average molecular weight is 947 g/mol. The number of hydrogen-bond donors (Lipinski definition) is 4. The highest BCUT2D eigenvalue weighted by molar-refractivity contribution is 5.88. The number of imidazole rings is 2. The molecule has 9 rings (SSSR count). The summed E-state index contributed by atoms with van der Waals surface area (Å²) in [5, 5.41) is 5.84. The van der Waals surface area contributed by atoms with Gasteiger partial charge in [0.05, 0.1) is 74.5 Å². The van der Waals surface area contributed by atoms with Gasteiger partial charge in [0.15, 0.2) is 0 Å². The van der Waals surface area contributed by atoms with Crippen molar-refractivity contribution in [3.8, 4) is 33.6 Å². The fourth-order valence-electron chi connectivity index (χ4n) is 11.8. The molecule has 16 heteroatoms. The summed E-state index contributed by atoms with van der Waals surface area (Å²) in [6.07, 6.45) is 11.6. The van der Waals surface area contributed by atoms with Gasteiger partial charge in [0.25, 0.3) is 0 Å². The van der Waals surface area contributed by atoms with Gasteiger partial charge < -0.3 is 49.3 Å². The van der Waals surface area contributed by atoms with Crippen LogP contribution in [-0.4, -0.2) is 117 Å². The number of H-pyrrole nitrogens is 2. The van der Waals surface area contributed by atoms with E-state index < -0.39 is 24.3 Å². The fraction of sp³-hybridized carbons (Fsp3) is 0.585. The Morgan fingerprint density at radius 2 is 1.06 bits per heavy atom. The summed E-state index contributed by atoms with van der Waals surface area (Å²) in [5.74, 6) is 1.62. The van der Waals surface area contributed by atoms with Gasteiger partial charge in [-0.25, -0.2) is 19.6 Å². The molecule has 4 aliphatic heterocycles. The van der Waals surface area contributed by atoms with Crippen molar-refractivity contribution >= 4 is 24.0 Å². The first-order valence-corrected chi connectivity index (χ1v) is 25.3. The smallest absolute Gasteiger partial charge is 0.407 e. The molecule has 4 saturated heterocycles. The second-order valence-electron chi connectivity index (χ2n) is 20.4. The largest absolute Gasteiger partial charge is 0.453 e. The molecular formula is C53H70N8O8. The minimum atomic E-state index is -0.735. The number of ether oxygens (including phenoxy) is 4. The molecule has 5 fully saturated rings. The monoisotopic (exact) mass is 947 g/mol. The number of methoxy groups -OCH3 is 2. The van der Waals surface area contributed by atoms with Gasteiger partial charge in [-0.05, 0) is 138 Å². The number of carbonyl (C=O) groups excluding carboxylic acids is 4. The summed E-state index contributed by atoms with van der Waals surface area (Å²) >= 11 is 0. The molecule has 2 aromatic carbocycles. The highest BCUT2D eigenvalue weighted by Gasteiger charge is 2.48. The number of rotatable bonds is 13. The fourth-order valence-corrected chi connectivity index (χ4v) is 11.8. The van der Waals surface area contributed by atoms with Crippen LogP contribution in [0, 0.1) is 17.8 Å². The maximum absolute atomic E-state index is 14.6. The topological polar surface area (TPSA) is 193 Å². The SMILES string of the molecule is CCC1CC(C(NC(=O)OC)C(=O)N2C(C)CCC2c2ncc(-c3ccc(-c4ccc(-c5cnc(C6CCC(C)N6C(=O)C(NC(=O)OC)C6CC(C)OC(C7CC7)C6)[nH]5)cc4)cc3)[nH]2)CC(C)O1. The van der Waals surface area contributed by atoms with Crippen molar-refractivity contribution in [3.63, 3.8) is 0 Å². The van der Waals surface area contributed by atoms with Gasteiger partial charge in [-0.2, -0.15) is 0 Å². The lowest BCUT2D eigenvalue weighted by Crippen LogP contribution is -2.55. The standard InChI is InChI=1S/C53H70N8O8/c1-8-40-25-38(23-31(4)68-40)46(58-52(64)66-6)50(62)60-29(2)9-21-43(60)48-54-27-41(56-48)35-15-11-33(12-16-35)34-13-17-36(18-14-34)42-28-55-49(57-42)44-22-10-30(3)61(44)51(63)47(59-53(65)67-7)39-24-32(5)69-45(26-39)37-19-20-37/h11-18,27-32,37-40,43-47H,8-10,19-26H2,1-7H3,(H,54,56)(H,55,57)(H,58,64)(H,59,65). The van der Waals surface area contributed by atoms with Crippen LogP contribution in [0.4, 0.5) is 9.59 Å².